The summed E-state index contributed by atoms with van der Waals surface area (Å²) in [5, 5.41) is 1.33. The van der Waals surface area contributed by atoms with Gasteiger partial charge in [0.15, 0.2) is 0 Å². The standard InChI is InChI=1S/C17H28N2S2/c1-5-16-17(21-7-6-20-16)15(19-18)10-14-12(3)8-11(2)9-13(14)4/h8-9,15-17,19H,5-7,10,18H2,1-4H3. The summed E-state index contributed by atoms with van der Waals surface area (Å²) in [4.78, 5) is 0. The summed E-state index contributed by atoms with van der Waals surface area (Å²) < 4.78 is 0. The summed E-state index contributed by atoms with van der Waals surface area (Å²) in [5.74, 6) is 8.45. The third kappa shape index (κ3) is 4.19. The van der Waals surface area contributed by atoms with E-state index in [4.69, 9.17) is 5.84 Å². The molecule has 0 spiro atoms. The van der Waals surface area contributed by atoms with Crippen molar-refractivity contribution >= 4 is 23.5 Å². The predicted octanol–water partition coefficient (Wildman–Crippen LogP) is 3.61. The Balaban J connectivity index is 2.19. The molecule has 3 N–H and O–H groups in total. The molecule has 1 aromatic carbocycles. The van der Waals surface area contributed by atoms with Gasteiger partial charge in [-0.2, -0.15) is 23.5 Å². The van der Waals surface area contributed by atoms with Crippen LogP contribution < -0.4 is 11.3 Å². The molecule has 1 fully saturated rings. The van der Waals surface area contributed by atoms with Crippen molar-refractivity contribution in [2.75, 3.05) is 11.5 Å². The van der Waals surface area contributed by atoms with Gasteiger partial charge in [0.2, 0.25) is 0 Å². The summed E-state index contributed by atoms with van der Waals surface area (Å²) in [5.41, 5.74) is 8.73. The van der Waals surface area contributed by atoms with Gasteiger partial charge in [-0.15, -0.1) is 0 Å². The monoisotopic (exact) mass is 324 g/mol. The molecule has 2 rings (SSSR count). The van der Waals surface area contributed by atoms with Crippen LogP contribution in [0.1, 0.15) is 35.6 Å². The molecular formula is C17H28N2S2. The van der Waals surface area contributed by atoms with Crippen molar-refractivity contribution in [3.05, 3.63) is 34.4 Å². The Morgan fingerprint density at radius 3 is 2.38 bits per heavy atom. The van der Waals surface area contributed by atoms with E-state index >= 15 is 0 Å². The Labute approximate surface area is 138 Å². The van der Waals surface area contributed by atoms with E-state index in [0.717, 1.165) is 11.7 Å². The molecule has 0 saturated carbocycles. The van der Waals surface area contributed by atoms with Crippen LogP contribution in [0.3, 0.4) is 0 Å². The predicted molar refractivity (Wildman–Crippen MR) is 98.3 cm³/mol. The molecule has 21 heavy (non-hydrogen) atoms. The molecule has 1 saturated heterocycles. The summed E-state index contributed by atoms with van der Waals surface area (Å²) >= 11 is 4.22. The fourth-order valence-corrected chi connectivity index (χ4v) is 6.58. The molecule has 0 bridgehead atoms. The number of rotatable bonds is 5. The zero-order valence-electron chi connectivity index (χ0n) is 13.6. The highest BCUT2D eigenvalue weighted by atomic mass is 32.2. The molecule has 1 aliphatic heterocycles. The number of hydrogen-bond donors (Lipinski definition) is 2. The lowest BCUT2D eigenvalue weighted by Gasteiger charge is -2.36. The van der Waals surface area contributed by atoms with Gasteiger partial charge in [0, 0.05) is 28.0 Å². The Morgan fingerprint density at radius 1 is 1.19 bits per heavy atom. The van der Waals surface area contributed by atoms with Crippen LogP contribution in [0.15, 0.2) is 12.1 Å². The van der Waals surface area contributed by atoms with E-state index in [1.54, 1.807) is 0 Å². The normalized spacial score (nSPS) is 24.0. The zero-order valence-corrected chi connectivity index (χ0v) is 15.2. The highest BCUT2D eigenvalue weighted by Crippen LogP contribution is 2.36. The first kappa shape index (κ1) is 17.2. The number of nitrogens with one attached hydrogen (secondary N) is 1. The maximum Gasteiger partial charge on any atom is 0.0380 e. The summed E-state index contributed by atoms with van der Waals surface area (Å²) in [7, 11) is 0. The maximum atomic E-state index is 5.93. The maximum absolute atomic E-state index is 5.93. The first-order valence-electron chi connectivity index (χ1n) is 7.82. The van der Waals surface area contributed by atoms with Crippen molar-refractivity contribution in [2.45, 2.75) is 57.1 Å². The minimum Gasteiger partial charge on any atom is -0.271 e. The number of nitrogens with two attached hydrogens (primary N) is 1. The van der Waals surface area contributed by atoms with E-state index in [1.807, 2.05) is 0 Å². The lowest BCUT2D eigenvalue weighted by molar-refractivity contribution is 0.489. The largest absolute Gasteiger partial charge is 0.271 e. The van der Waals surface area contributed by atoms with Crippen molar-refractivity contribution in [1.29, 1.82) is 0 Å². The highest BCUT2D eigenvalue weighted by molar-refractivity contribution is 8.07. The lowest BCUT2D eigenvalue weighted by atomic mass is 9.92. The number of thioether (sulfide) groups is 2. The molecule has 0 amide bonds. The van der Waals surface area contributed by atoms with E-state index in [1.165, 1.54) is 40.2 Å². The fraction of sp³-hybridized carbons (Fsp3) is 0.647. The van der Waals surface area contributed by atoms with Gasteiger partial charge < -0.3 is 0 Å². The molecule has 1 aromatic rings. The first-order chi connectivity index (χ1) is 10.1. The smallest absolute Gasteiger partial charge is 0.0380 e. The molecular weight excluding hydrogens is 296 g/mol. The van der Waals surface area contributed by atoms with Crippen LogP contribution in [0.5, 0.6) is 0 Å². The Kier molecular flexibility index (Phi) is 6.48. The van der Waals surface area contributed by atoms with E-state index < -0.39 is 0 Å². The Hall–Kier alpha value is -0.160. The summed E-state index contributed by atoms with van der Waals surface area (Å²) in [6.07, 6.45) is 2.26. The van der Waals surface area contributed by atoms with Gasteiger partial charge in [0.25, 0.3) is 0 Å². The van der Waals surface area contributed by atoms with Crippen LogP contribution >= 0.6 is 23.5 Å². The second kappa shape index (κ2) is 7.91. The number of aryl methyl sites for hydroxylation is 3. The molecule has 118 valence electrons. The van der Waals surface area contributed by atoms with Crippen molar-refractivity contribution in [3.8, 4) is 0 Å². The van der Waals surface area contributed by atoms with Crippen molar-refractivity contribution < 1.29 is 0 Å². The number of hydrogen-bond acceptors (Lipinski definition) is 4. The third-order valence-corrected chi connectivity index (χ3v) is 7.78. The second-order valence-electron chi connectivity index (χ2n) is 6.01. The molecule has 3 atom stereocenters. The van der Waals surface area contributed by atoms with Crippen LogP contribution in [0.4, 0.5) is 0 Å². The van der Waals surface area contributed by atoms with Crippen LogP contribution in [0.25, 0.3) is 0 Å². The van der Waals surface area contributed by atoms with Crippen molar-refractivity contribution in [2.24, 2.45) is 5.84 Å². The molecule has 1 heterocycles. The first-order valence-corrected chi connectivity index (χ1v) is 9.92. The van der Waals surface area contributed by atoms with E-state index in [0.29, 0.717) is 11.3 Å². The lowest BCUT2D eigenvalue weighted by Crippen LogP contribution is -2.49. The quantitative estimate of drug-likeness (QED) is 0.641. The highest BCUT2D eigenvalue weighted by Gasteiger charge is 2.32. The molecule has 0 aliphatic carbocycles. The fourth-order valence-electron chi connectivity index (χ4n) is 3.33. The Morgan fingerprint density at radius 2 is 1.81 bits per heavy atom. The van der Waals surface area contributed by atoms with E-state index in [-0.39, 0.29) is 0 Å². The SMILES string of the molecule is CCC1SCCSC1C(Cc1c(C)cc(C)cc1C)NN. The number of hydrazine groups is 1. The van der Waals surface area contributed by atoms with Crippen LogP contribution in [-0.2, 0) is 6.42 Å². The van der Waals surface area contributed by atoms with Crippen LogP contribution in [0, 0.1) is 20.8 Å². The molecule has 1 aliphatic rings. The minimum atomic E-state index is 0.354. The summed E-state index contributed by atoms with van der Waals surface area (Å²) in [6.45, 7) is 8.92. The van der Waals surface area contributed by atoms with Crippen LogP contribution in [-0.4, -0.2) is 28.0 Å². The summed E-state index contributed by atoms with van der Waals surface area (Å²) in [6, 6.07) is 4.93. The second-order valence-corrected chi connectivity index (χ2v) is 8.64. The molecule has 4 heteroatoms. The molecule has 0 radical (unpaired) electrons. The zero-order chi connectivity index (χ0) is 15.4. The molecule has 0 aromatic heterocycles. The van der Waals surface area contributed by atoms with Gasteiger partial charge in [-0.25, -0.2) is 0 Å². The average Bonchev–Trinajstić information content (AvgIpc) is 2.46. The van der Waals surface area contributed by atoms with E-state index in [9.17, 15) is 0 Å². The van der Waals surface area contributed by atoms with E-state index in [2.05, 4.69) is 68.8 Å². The van der Waals surface area contributed by atoms with Gasteiger partial charge in [-0.05, 0) is 50.3 Å². The Bertz CT molecular complexity index is 453. The van der Waals surface area contributed by atoms with Crippen molar-refractivity contribution in [3.63, 3.8) is 0 Å². The van der Waals surface area contributed by atoms with Crippen LogP contribution in [0.2, 0.25) is 0 Å². The topological polar surface area (TPSA) is 38.0 Å². The van der Waals surface area contributed by atoms with Gasteiger partial charge in [-0.3, -0.25) is 11.3 Å². The average molecular weight is 325 g/mol. The minimum absolute atomic E-state index is 0.354. The third-order valence-electron chi connectivity index (χ3n) is 4.37. The van der Waals surface area contributed by atoms with Gasteiger partial charge in [0.1, 0.15) is 0 Å². The molecule has 3 unspecified atom stereocenters. The van der Waals surface area contributed by atoms with Gasteiger partial charge >= 0.3 is 0 Å². The molecule has 2 nitrogen and oxygen atoms in total. The van der Waals surface area contributed by atoms with Gasteiger partial charge in [0.05, 0.1) is 0 Å². The van der Waals surface area contributed by atoms with Crippen molar-refractivity contribution in [1.82, 2.24) is 5.43 Å². The number of benzene rings is 1. The van der Waals surface area contributed by atoms with Gasteiger partial charge in [-0.1, -0.05) is 24.6 Å².